The molecule has 0 unspecified atom stereocenters. The fraction of sp³-hybridized carbons (Fsp3) is 0.0526. The summed E-state index contributed by atoms with van der Waals surface area (Å²) < 4.78 is 5.93. The van der Waals surface area contributed by atoms with Crippen LogP contribution >= 0.6 is 23.2 Å². The van der Waals surface area contributed by atoms with E-state index in [2.05, 4.69) is 35.8 Å². The summed E-state index contributed by atoms with van der Waals surface area (Å²) in [5, 5.41) is 20.3. The van der Waals surface area contributed by atoms with Crippen LogP contribution < -0.4 is 11.2 Å². The van der Waals surface area contributed by atoms with Crippen molar-refractivity contribution < 1.29 is 9.42 Å². The summed E-state index contributed by atoms with van der Waals surface area (Å²) in [6.07, 6.45) is 0. The number of rotatable bonds is 5. The van der Waals surface area contributed by atoms with Crippen molar-refractivity contribution in [2.75, 3.05) is 5.73 Å². The van der Waals surface area contributed by atoms with Crippen LogP contribution in [0.1, 0.15) is 23.0 Å². The molecule has 12 heteroatoms. The molecule has 0 aliphatic carbocycles. The molecule has 0 atom stereocenters. The number of benzene rings is 2. The highest BCUT2D eigenvalue weighted by atomic mass is 35.5. The number of hydrazone groups is 1. The maximum atomic E-state index is 12.9. The molecule has 0 spiro atoms. The Labute approximate surface area is 185 Å². The quantitative estimate of drug-likeness (QED) is 0.346. The van der Waals surface area contributed by atoms with Gasteiger partial charge >= 0.3 is 0 Å². The summed E-state index contributed by atoms with van der Waals surface area (Å²) in [5.41, 5.74) is 10.4. The third kappa shape index (κ3) is 4.11. The van der Waals surface area contributed by atoms with Gasteiger partial charge in [-0.2, -0.15) is 9.78 Å². The van der Waals surface area contributed by atoms with Gasteiger partial charge in [-0.1, -0.05) is 64.8 Å². The number of halogens is 2. The summed E-state index contributed by atoms with van der Waals surface area (Å²) in [4.78, 5) is 12.9. The molecule has 31 heavy (non-hydrogen) atoms. The second-order valence-corrected chi connectivity index (χ2v) is 7.14. The highest BCUT2D eigenvalue weighted by molar-refractivity contribution is 6.37. The smallest absolute Gasteiger partial charge is 0.294 e. The molecular formula is C19H14Cl2N8O2. The minimum Gasteiger partial charge on any atom is -0.378 e. The van der Waals surface area contributed by atoms with Crippen LogP contribution in [0.5, 0.6) is 0 Å². The monoisotopic (exact) mass is 456 g/mol. The lowest BCUT2D eigenvalue weighted by molar-refractivity contribution is 0.0950. The van der Waals surface area contributed by atoms with Crippen LogP contribution in [0.25, 0.3) is 17.1 Å². The van der Waals surface area contributed by atoms with E-state index >= 15 is 0 Å². The molecule has 3 N–H and O–H groups in total. The normalized spacial score (nSPS) is 11.5. The number of aromatic nitrogens is 5. The molecule has 4 rings (SSSR count). The number of hydrogen-bond donors (Lipinski definition) is 2. The van der Waals surface area contributed by atoms with Crippen molar-refractivity contribution in [3.8, 4) is 17.1 Å². The van der Waals surface area contributed by atoms with Gasteiger partial charge in [0.05, 0.1) is 10.7 Å². The number of hydrogen-bond acceptors (Lipinski definition) is 8. The van der Waals surface area contributed by atoms with Crippen LogP contribution in [0.4, 0.5) is 5.82 Å². The Morgan fingerprint density at radius 2 is 1.94 bits per heavy atom. The number of nitrogens with zero attached hydrogens (tertiary/aromatic N) is 6. The minimum atomic E-state index is -0.593. The van der Waals surface area contributed by atoms with Gasteiger partial charge < -0.3 is 5.73 Å². The van der Waals surface area contributed by atoms with Crippen molar-refractivity contribution in [1.82, 2.24) is 30.7 Å². The van der Waals surface area contributed by atoms with Crippen molar-refractivity contribution in [3.05, 3.63) is 69.8 Å². The Morgan fingerprint density at radius 1 is 1.16 bits per heavy atom. The summed E-state index contributed by atoms with van der Waals surface area (Å²) in [6, 6.07) is 14.0. The Kier molecular flexibility index (Phi) is 5.65. The Morgan fingerprint density at radius 3 is 2.61 bits per heavy atom. The summed E-state index contributed by atoms with van der Waals surface area (Å²) in [7, 11) is 0. The van der Waals surface area contributed by atoms with E-state index in [4.69, 9.17) is 28.9 Å². The van der Waals surface area contributed by atoms with E-state index in [-0.39, 0.29) is 17.3 Å². The number of carbonyl (C=O) groups excluding carboxylic acids is 1. The van der Waals surface area contributed by atoms with Crippen LogP contribution in [0.15, 0.2) is 58.3 Å². The molecule has 0 bridgehead atoms. The maximum absolute atomic E-state index is 12.9. The minimum absolute atomic E-state index is 0.000264. The second-order valence-electron chi connectivity index (χ2n) is 6.30. The highest BCUT2D eigenvalue weighted by Gasteiger charge is 2.25. The fourth-order valence-corrected chi connectivity index (χ4v) is 3.35. The van der Waals surface area contributed by atoms with Gasteiger partial charge in [0.1, 0.15) is 5.69 Å². The summed E-state index contributed by atoms with van der Waals surface area (Å²) in [6.45, 7) is 1.70. The van der Waals surface area contributed by atoms with Crippen LogP contribution in [-0.4, -0.2) is 36.9 Å². The lowest BCUT2D eigenvalue weighted by Crippen LogP contribution is -2.21. The fourth-order valence-electron chi connectivity index (χ4n) is 2.81. The standard InChI is InChI=1S/C19H14Cl2N8O2/c1-10(13-8-7-12(20)9-14(13)21)23-25-19(30)15-16(11-5-3-2-4-6-11)29(28-24-15)18-17(22)26-31-27-18/h2-9H,1H3,(H2,22,26)(H,25,30)/b23-10+. The highest BCUT2D eigenvalue weighted by Crippen LogP contribution is 2.26. The summed E-state index contributed by atoms with van der Waals surface area (Å²) >= 11 is 12.1. The molecule has 2 aromatic carbocycles. The van der Waals surface area contributed by atoms with Crippen LogP contribution in [0.2, 0.25) is 10.0 Å². The van der Waals surface area contributed by atoms with Gasteiger partial charge in [0, 0.05) is 16.1 Å². The SMILES string of the molecule is C/C(=N\NC(=O)c1nnn(-c2nonc2N)c1-c1ccccc1)c1ccc(Cl)cc1Cl. The Bertz CT molecular complexity index is 1280. The van der Waals surface area contributed by atoms with Crippen molar-refractivity contribution in [3.63, 3.8) is 0 Å². The summed E-state index contributed by atoms with van der Waals surface area (Å²) in [5.74, 6) is -0.483. The molecule has 10 nitrogen and oxygen atoms in total. The third-order valence-electron chi connectivity index (χ3n) is 4.27. The molecule has 2 aromatic heterocycles. The average Bonchev–Trinajstić information content (AvgIpc) is 3.38. The number of carbonyl (C=O) groups is 1. The molecule has 0 radical (unpaired) electrons. The molecule has 0 saturated heterocycles. The van der Waals surface area contributed by atoms with Crippen LogP contribution in [-0.2, 0) is 0 Å². The Hall–Kier alpha value is -3.76. The third-order valence-corrected chi connectivity index (χ3v) is 4.82. The molecule has 156 valence electrons. The average molecular weight is 457 g/mol. The van der Waals surface area contributed by atoms with E-state index in [1.165, 1.54) is 4.68 Å². The zero-order valence-electron chi connectivity index (χ0n) is 16.0. The number of amides is 1. The molecule has 0 aliphatic heterocycles. The number of anilines is 1. The number of nitrogen functional groups attached to an aromatic ring is 1. The molecule has 0 saturated carbocycles. The first-order valence-corrected chi connectivity index (χ1v) is 9.61. The van der Waals surface area contributed by atoms with Crippen molar-refractivity contribution in [2.45, 2.75) is 6.92 Å². The largest absolute Gasteiger partial charge is 0.378 e. The van der Waals surface area contributed by atoms with Crippen molar-refractivity contribution in [2.24, 2.45) is 5.10 Å². The first-order chi connectivity index (χ1) is 15.0. The van der Waals surface area contributed by atoms with Gasteiger partial charge in [-0.25, -0.2) is 10.1 Å². The van der Waals surface area contributed by atoms with E-state index in [9.17, 15) is 4.79 Å². The van der Waals surface area contributed by atoms with Gasteiger partial charge in [-0.05, 0) is 29.4 Å². The zero-order valence-corrected chi connectivity index (χ0v) is 17.5. The van der Waals surface area contributed by atoms with Crippen LogP contribution in [0, 0.1) is 0 Å². The van der Waals surface area contributed by atoms with E-state index in [1.54, 1.807) is 37.3 Å². The predicted molar refractivity (Wildman–Crippen MR) is 115 cm³/mol. The molecule has 0 fully saturated rings. The maximum Gasteiger partial charge on any atom is 0.294 e. The molecule has 1 amide bonds. The second kappa shape index (κ2) is 8.54. The van der Waals surface area contributed by atoms with Crippen molar-refractivity contribution in [1.29, 1.82) is 0 Å². The number of nitrogens with two attached hydrogens (primary N) is 1. The van der Waals surface area contributed by atoms with Gasteiger partial charge in [0.15, 0.2) is 5.69 Å². The molecule has 0 aliphatic rings. The van der Waals surface area contributed by atoms with Gasteiger partial charge in [-0.15, -0.1) is 5.10 Å². The number of nitrogens with one attached hydrogen (secondary N) is 1. The topological polar surface area (TPSA) is 137 Å². The van der Waals surface area contributed by atoms with Gasteiger partial charge in [0.2, 0.25) is 11.6 Å². The van der Waals surface area contributed by atoms with E-state index < -0.39 is 5.91 Å². The molecule has 4 aromatic rings. The lowest BCUT2D eigenvalue weighted by atomic mass is 10.1. The van der Waals surface area contributed by atoms with E-state index in [1.807, 2.05) is 18.2 Å². The first kappa shape index (κ1) is 20.5. The first-order valence-electron chi connectivity index (χ1n) is 8.85. The van der Waals surface area contributed by atoms with E-state index in [0.29, 0.717) is 32.6 Å². The molecular weight excluding hydrogens is 443 g/mol. The molecule has 2 heterocycles. The predicted octanol–water partition coefficient (Wildman–Crippen LogP) is 3.36. The van der Waals surface area contributed by atoms with Gasteiger partial charge in [-0.3, -0.25) is 4.79 Å². The van der Waals surface area contributed by atoms with E-state index in [0.717, 1.165) is 0 Å². The van der Waals surface area contributed by atoms with Crippen LogP contribution in [0.3, 0.4) is 0 Å². The van der Waals surface area contributed by atoms with Gasteiger partial charge in [0.25, 0.3) is 5.91 Å². The zero-order chi connectivity index (χ0) is 22.0. The lowest BCUT2D eigenvalue weighted by Gasteiger charge is -2.07. The van der Waals surface area contributed by atoms with Crippen molar-refractivity contribution >= 4 is 40.6 Å². The Balaban J connectivity index is 1.70.